The molecule has 18 heavy (non-hydrogen) atoms. The molecule has 1 fully saturated rings. The van der Waals surface area contributed by atoms with Gasteiger partial charge in [0.1, 0.15) is 0 Å². The van der Waals surface area contributed by atoms with Gasteiger partial charge in [0.05, 0.1) is 10.9 Å². The Morgan fingerprint density at radius 3 is 2.72 bits per heavy atom. The van der Waals surface area contributed by atoms with E-state index in [9.17, 15) is 9.59 Å². The zero-order valence-electron chi connectivity index (χ0n) is 9.94. The molecule has 1 heterocycles. The highest BCUT2D eigenvalue weighted by Gasteiger charge is 2.31. The van der Waals surface area contributed by atoms with E-state index in [0.717, 1.165) is 29.8 Å². The molecule has 1 unspecified atom stereocenters. The van der Waals surface area contributed by atoms with Crippen molar-refractivity contribution in [1.29, 1.82) is 0 Å². The Bertz CT molecular complexity index is 504. The molecule has 2 N–H and O–H groups in total. The standard InChI is InChI=1S/C13H15NO3S/c15-12(7-1-2-7)14-11-6-9-5-8(13(16)17)3-4-10(9)18-11/h6-8H,1-5H2,(H,14,15)(H,16,17). The Labute approximate surface area is 109 Å². The fourth-order valence-electron chi connectivity index (χ4n) is 2.37. The average molecular weight is 265 g/mol. The van der Waals surface area contributed by atoms with Crippen LogP contribution in [0.1, 0.15) is 29.7 Å². The maximum atomic E-state index is 11.7. The lowest BCUT2D eigenvalue weighted by Crippen LogP contribution is -2.20. The average Bonchev–Trinajstić information content (AvgIpc) is 3.09. The fraction of sp³-hybridized carbons (Fsp3) is 0.538. The lowest BCUT2D eigenvalue weighted by Gasteiger charge is -2.17. The molecule has 1 saturated carbocycles. The largest absolute Gasteiger partial charge is 0.481 e. The second-order valence-corrected chi connectivity index (χ2v) is 6.24. The number of hydrogen-bond donors (Lipinski definition) is 2. The highest BCUT2D eigenvalue weighted by atomic mass is 32.1. The third kappa shape index (κ3) is 2.27. The molecule has 3 rings (SSSR count). The van der Waals surface area contributed by atoms with Crippen molar-refractivity contribution in [3.05, 3.63) is 16.5 Å². The van der Waals surface area contributed by atoms with Crippen molar-refractivity contribution in [2.45, 2.75) is 32.1 Å². The minimum absolute atomic E-state index is 0.114. The Morgan fingerprint density at radius 2 is 2.06 bits per heavy atom. The Hall–Kier alpha value is -1.36. The van der Waals surface area contributed by atoms with Gasteiger partial charge in [-0.2, -0.15) is 0 Å². The molecule has 2 aliphatic rings. The number of rotatable bonds is 3. The van der Waals surface area contributed by atoms with Crippen LogP contribution in [0, 0.1) is 11.8 Å². The van der Waals surface area contributed by atoms with Crippen LogP contribution in [0.5, 0.6) is 0 Å². The van der Waals surface area contributed by atoms with E-state index in [-0.39, 0.29) is 17.7 Å². The smallest absolute Gasteiger partial charge is 0.306 e. The van der Waals surface area contributed by atoms with Gasteiger partial charge in [0.25, 0.3) is 0 Å². The van der Waals surface area contributed by atoms with Gasteiger partial charge < -0.3 is 10.4 Å². The first-order valence-electron chi connectivity index (χ1n) is 6.28. The molecule has 0 radical (unpaired) electrons. The summed E-state index contributed by atoms with van der Waals surface area (Å²) in [5.41, 5.74) is 1.10. The highest BCUT2D eigenvalue weighted by molar-refractivity contribution is 7.16. The molecule has 0 aliphatic heterocycles. The Kier molecular flexibility index (Phi) is 2.86. The summed E-state index contributed by atoms with van der Waals surface area (Å²) >= 11 is 1.60. The number of thiophene rings is 1. The van der Waals surface area contributed by atoms with Crippen LogP contribution in [-0.2, 0) is 22.4 Å². The molecule has 4 nitrogen and oxygen atoms in total. The molecule has 1 atom stereocenters. The molecule has 1 aromatic rings. The van der Waals surface area contributed by atoms with Gasteiger partial charge in [-0.1, -0.05) is 0 Å². The van der Waals surface area contributed by atoms with Gasteiger partial charge in [-0.15, -0.1) is 11.3 Å². The van der Waals surface area contributed by atoms with Gasteiger partial charge in [-0.05, 0) is 43.7 Å². The van der Waals surface area contributed by atoms with Gasteiger partial charge in [0.2, 0.25) is 5.91 Å². The molecule has 0 aromatic carbocycles. The van der Waals surface area contributed by atoms with Crippen LogP contribution in [0.15, 0.2) is 6.07 Å². The van der Waals surface area contributed by atoms with E-state index in [1.807, 2.05) is 6.07 Å². The minimum atomic E-state index is -0.713. The molecule has 96 valence electrons. The van der Waals surface area contributed by atoms with Crippen molar-refractivity contribution in [2.75, 3.05) is 5.32 Å². The van der Waals surface area contributed by atoms with E-state index >= 15 is 0 Å². The maximum absolute atomic E-state index is 11.7. The van der Waals surface area contributed by atoms with E-state index in [4.69, 9.17) is 5.11 Å². The minimum Gasteiger partial charge on any atom is -0.481 e. The molecule has 1 amide bonds. The van der Waals surface area contributed by atoms with Gasteiger partial charge in [-0.3, -0.25) is 9.59 Å². The maximum Gasteiger partial charge on any atom is 0.306 e. The summed E-state index contributed by atoms with van der Waals surface area (Å²) in [6, 6.07) is 1.95. The quantitative estimate of drug-likeness (QED) is 0.881. The van der Waals surface area contributed by atoms with Gasteiger partial charge >= 0.3 is 5.97 Å². The van der Waals surface area contributed by atoms with Gasteiger partial charge in [0.15, 0.2) is 0 Å². The number of amides is 1. The molecular weight excluding hydrogens is 250 g/mol. The first-order valence-corrected chi connectivity index (χ1v) is 7.10. The lowest BCUT2D eigenvalue weighted by molar-refractivity contribution is -0.142. The number of fused-ring (bicyclic) bond motifs is 1. The third-order valence-corrected chi connectivity index (χ3v) is 4.78. The summed E-state index contributed by atoms with van der Waals surface area (Å²) < 4.78 is 0. The number of aliphatic carboxylic acids is 1. The molecule has 1 aromatic heterocycles. The SMILES string of the molecule is O=C(O)C1CCc2sc(NC(=O)C3CC3)cc2C1. The van der Waals surface area contributed by atoms with Crippen molar-refractivity contribution < 1.29 is 14.7 Å². The number of carboxylic acids is 1. The number of carbonyl (C=O) groups is 2. The summed E-state index contributed by atoms with van der Waals surface area (Å²) in [5, 5.41) is 12.8. The highest BCUT2D eigenvalue weighted by Crippen LogP contribution is 2.36. The Balaban J connectivity index is 1.72. The van der Waals surface area contributed by atoms with Crippen LogP contribution < -0.4 is 5.32 Å². The topological polar surface area (TPSA) is 66.4 Å². The number of carbonyl (C=O) groups excluding carboxylic acids is 1. The number of hydrogen-bond acceptors (Lipinski definition) is 3. The van der Waals surface area contributed by atoms with Crippen LogP contribution in [-0.4, -0.2) is 17.0 Å². The second kappa shape index (κ2) is 4.39. The molecule has 0 bridgehead atoms. The second-order valence-electron chi connectivity index (χ2n) is 5.10. The monoisotopic (exact) mass is 265 g/mol. The zero-order valence-corrected chi connectivity index (χ0v) is 10.8. The molecular formula is C13H15NO3S. The normalized spacial score (nSPS) is 22.3. The van der Waals surface area contributed by atoms with Crippen molar-refractivity contribution in [3.63, 3.8) is 0 Å². The fourth-order valence-corrected chi connectivity index (χ4v) is 3.48. The van der Waals surface area contributed by atoms with Crippen LogP contribution >= 0.6 is 11.3 Å². The van der Waals surface area contributed by atoms with E-state index < -0.39 is 5.97 Å². The number of aryl methyl sites for hydroxylation is 1. The van der Waals surface area contributed by atoms with E-state index in [1.54, 1.807) is 11.3 Å². The molecule has 2 aliphatic carbocycles. The van der Waals surface area contributed by atoms with Crippen molar-refractivity contribution >= 4 is 28.2 Å². The predicted octanol–water partition coefficient (Wildman–Crippen LogP) is 2.29. The van der Waals surface area contributed by atoms with E-state index in [2.05, 4.69) is 5.32 Å². The Morgan fingerprint density at radius 1 is 1.28 bits per heavy atom. The van der Waals surface area contributed by atoms with E-state index in [0.29, 0.717) is 12.8 Å². The van der Waals surface area contributed by atoms with Gasteiger partial charge in [-0.25, -0.2) is 0 Å². The van der Waals surface area contributed by atoms with Crippen molar-refractivity contribution in [1.82, 2.24) is 0 Å². The van der Waals surface area contributed by atoms with Crippen molar-refractivity contribution in [3.8, 4) is 0 Å². The van der Waals surface area contributed by atoms with Crippen molar-refractivity contribution in [2.24, 2.45) is 11.8 Å². The number of carboxylic acid groups (broad SMARTS) is 1. The van der Waals surface area contributed by atoms with Crippen LogP contribution in [0.4, 0.5) is 5.00 Å². The first kappa shape index (κ1) is 11.7. The van der Waals surface area contributed by atoms with Crippen LogP contribution in [0.25, 0.3) is 0 Å². The lowest BCUT2D eigenvalue weighted by atomic mass is 9.89. The summed E-state index contributed by atoms with van der Waals surface area (Å²) in [6.07, 6.45) is 4.12. The first-order chi connectivity index (χ1) is 8.63. The molecule has 5 heteroatoms. The van der Waals surface area contributed by atoms with Gasteiger partial charge in [0, 0.05) is 10.8 Å². The number of anilines is 1. The summed E-state index contributed by atoms with van der Waals surface area (Å²) in [7, 11) is 0. The molecule has 0 saturated heterocycles. The van der Waals surface area contributed by atoms with E-state index in [1.165, 1.54) is 4.88 Å². The van der Waals surface area contributed by atoms with Crippen LogP contribution in [0.2, 0.25) is 0 Å². The number of nitrogens with one attached hydrogen (secondary N) is 1. The summed E-state index contributed by atoms with van der Waals surface area (Å²) in [6.45, 7) is 0. The summed E-state index contributed by atoms with van der Waals surface area (Å²) in [5.74, 6) is -0.659. The third-order valence-electron chi connectivity index (χ3n) is 3.63. The summed E-state index contributed by atoms with van der Waals surface area (Å²) in [4.78, 5) is 23.9. The predicted molar refractivity (Wildman–Crippen MR) is 68.8 cm³/mol. The zero-order chi connectivity index (χ0) is 12.7. The van der Waals surface area contributed by atoms with Crippen LogP contribution in [0.3, 0.4) is 0 Å². The molecule has 0 spiro atoms.